The lowest BCUT2D eigenvalue weighted by Gasteiger charge is -2.13. The Morgan fingerprint density at radius 3 is 2.74 bits per heavy atom. The molecule has 1 N–H and O–H groups in total. The summed E-state index contributed by atoms with van der Waals surface area (Å²) in [5.74, 6) is -0.606. The van der Waals surface area contributed by atoms with Gasteiger partial charge in [-0.3, -0.25) is 14.5 Å². The molecule has 0 bridgehead atoms. The van der Waals surface area contributed by atoms with Gasteiger partial charge in [0, 0.05) is 0 Å². The van der Waals surface area contributed by atoms with E-state index in [-0.39, 0.29) is 18.2 Å². The first-order valence-corrected chi connectivity index (χ1v) is 8.43. The quantitative estimate of drug-likeness (QED) is 0.368. The van der Waals surface area contributed by atoms with Gasteiger partial charge in [-0.1, -0.05) is 49.5 Å². The highest BCUT2D eigenvalue weighted by Crippen LogP contribution is 2.32. The zero-order valence-corrected chi connectivity index (χ0v) is 14.3. The molecule has 1 amide bonds. The lowest BCUT2D eigenvalue weighted by Crippen LogP contribution is -2.34. The van der Waals surface area contributed by atoms with Crippen molar-refractivity contribution in [3.63, 3.8) is 0 Å². The number of benzene rings is 1. The number of carbonyl (C=O) groups excluding carboxylic acids is 2. The van der Waals surface area contributed by atoms with Crippen molar-refractivity contribution in [1.29, 1.82) is 0 Å². The van der Waals surface area contributed by atoms with E-state index in [0.29, 0.717) is 15.8 Å². The zero-order valence-electron chi connectivity index (χ0n) is 12.7. The maximum absolute atomic E-state index is 12.3. The molecule has 0 saturated carbocycles. The SMILES string of the molecule is CCCCOC(=O)CN1C(=O)/C(=C/c2ccc(O)cc2)SC1=S. The molecule has 0 unspecified atom stereocenters. The van der Waals surface area contributed by atoms with Gasteiger partial charge in [0.2, 0.25) is 0 Å². The molecule has 23 heavy (non-hydrogen) atoms. The summed E-state index contributed by atoms with van der Waals surface area (Å²) in [6.45, 7) is 2.19. The number of thioether (sulfide) groups is 1. The molecule has 0 spiro atoms. The Balaban J connectivity index is 2.02. The number of ether oxygens (including phenoxy) is 1. The van der Waals surface area contributed by atoms with Gasteiger partial charge in [-0.2, -0.15) is 0 Å². The molecule has 2 rings (SSSR count). The summed E-state index contributed by atoms with van der Waals surface area (Å²) < 4.78 is 5.40. The van der Waals surface area contributed by atoms with Gasteiger partial charge < -0.3 is 9.84 Å². The van der Waals surface area contributed by atoms with Crippen LogP contribution in [0.4, 0.5) is 0 Å². The molecule has 1 aromatic rings. The van der Waals surface area contributed by atoms with E-state index in [4.69, 9.17) is 17.0 Å². The monoisotopic (exact) mass is 351 g/mol. The molecule has 0 aromatic heterocycles. The van der Waals surface area contributed by atoms with Crippen molar-refractivity contribution >= 4 is 46.3 Å². The van der Waals surface area contributed by atoms with Crippen molar-refractivity contribution in [2.75, 3.05) is 13.2 Å². The number of amides is 1. The fourth-order valence-corrected chi connectivity index (χ4v) is 3.12. The van der Waals surface area contributed by atoms with Gasteiger partial charge in [0.1, 0.15) is 16.6 Å². The molecule has 1 aromatic carbocycles. The van der Waals surface area contributed by atoms with E-state index in [1.54, 1.807) is 18.2 Å². The lowest BCUT2D eigenvalue weighted by atomic mass is 10.2. The fraction of sp³-hybridized carbons (Fsp3) is 0.312. The van der Waals surface area contributed by atoms with Crippen LogP contribution in [0.2, 0.25) is 0 Å². The Labute approximate surface area is 144 Å². The van der Waals surface area contributed by atoms with E-state index >= 15 is 0 Å². The summed E-state index contributed by atoms with van der Waals surface area (Å²) in [4.78, 5) is 25.8. The third kappa shape index (κ3) is 4.80. The molecule has 5 nitrogen and oxygen atoms in total. The molecule has 1 aliphatic heterocycles. The average molecular weight is 351 g/mol. The number of phenols is 1. The van der Waals surface area contributed by atoms with Crippen LogP contribution in [0.1, 0.15) is 25.3 Å². The van der Waals surface area contributed by atoms with Crippen molar-refractivity contribution in [3.8, 4) is 5.75 Å². The molecule has 0 atom stereocenters. The van der Waals surface area contributed by atoms with E-state index in [9.17, 15) is 14.7 Å². The maximum atomic E-state index is 12.3. The van der Waals surface area contributed by atoms with E-state index in [0.717, 1.165) is 30.2 Å². The first-order valence-electron chi connectivity index (χ1n) is 7.21. The summed E-state index contributed by atoms with van der Waals surface area (Å²) >= 11 is 6.31. The van der Waals surface area contributed by atoms with Gasteiger partial charge in [-0.05, 0) is 30.2 Å². The van der Waals surface area contributed by atoms with Crippen LogP contribution in [0, 0.1) is 0 Å². The fourth-order valence-electron chi connectivity index (χ4n) is 1.86. The molecule has 122 valence electrons. The minimum absolute atomic E-state index is 0.157. The molecular weight excluding hydrogens is 334 g/mol. The Kier molecular flexibility index (Phi) is 6.18. The van der Waals surface area contributed by atoms with E-state index in [1.807, 2.05) is 6.92 Å². The number of carbonyl (C=O) groups is 2. The first kappa shape index (κ1) is 17.5. The van der Waals surface area contributed by atoms with Gasteiger partial charge in [0.25, 0.3) is 5.91 Å². The summed E-state index contributed by atoms with van der Waals surface area (Å²) in [6, 6.07) is 6.47. The number of esters is 1. The highest BCUT2D eigenvalue weighted by molar-refractivity contribution is 8.26. The van der Waals surface area contributed by atoms with Crippen molar-refractivity contribution in [2.45, 2.75) is 19.8 Å². The molecule has 1 aliphatic rings. The molecule has 1 saturated heterocycles. The van der Waals surface area contributed by atoms with E-state index in [1.165, 1.54) is 17.0 Å². The largest absolute Gasteiger partial charge is 0.508 e. The smallest absolute Gasteiger partial charge is 0.326 e. The topological polar surface area (TPSA) is 66.8 Å². The second kappa shape index (κ2) is 8.12. The molecule has 0 radical (unpaired) electrons. The van der Waals surface area contributed by atoms with Crippen LogP contribution in [0.15, 0.2) is 29.2 Å². The number of aromatic hydroxyl groups is 1. The number of nitrogens with zero attached hydrogens (tertiary/aromatic N) is 1. The van der Waals surface area contributed by atoms with Crippen LogP contribution in [0.5, 0.6) is 5.75 Å². The second-order valence-electron chi connectivity index (χ2n) is 4.93. The molecule has 1 heterocycles. The van der Waals surface area contributed by atoms with Gasteiger partial charge >= 0.3 is 5.97 Å². The normalized spacial score (nSPS) is 16.2. The van der Waals surface area contributed by atoms with Crippen LogP contribution < -0.4 is 0 Å². The van der Waals surface area contributed by atoms with Gasteiger partial charge in [-0.25, -0.2) is 0 Å². The number of hydrogen-bond donors (Lipinski definition) is 1. The van der Waals surface area contributed by atoms with Crippen LogP contribution >= 0.6 is 24.0 Å². The van der Waals surface area contributed by atoms with Crippen LogP contribution in [-0.4, -0.2) is 39.4 Å². The number of phenolic OH excluding ortho intramolecular Hbond substituents is 1. The summed E-state index contributed by atoms with van der Waals surface area (Å²) in [7, 11) is 0. The number of unbranched alkanes of at least 4 members (excludes halogenated alkanes) is 1. The van der Waals surface area contributed by atoms with Crippen molar-refractivity contribution in [3.05, 3.63) is 34.7 Å². The van der Waals surface area contributed by atoms with E-state index < -0.39 is 5.97 Å². The van der Waals surface area contributed by atoms with Crippen molar-refractivity contribution in [1.82, 2.24) is 4.90 Å². The average Bonchev–Trinajstić information content (AvgIpc) is 2.77. The zero-order chi connectivity index (χ0) is 16.8. The first-order chi connectivity index (χ1) is 11.0. The van der Waals surface area contributed by atoms with Crippen molar-refractivity contribution in [2.24, 2.45) is 0 Å². The minimum Gasteiger partial charge on any atom is -0.508 e. The number of hydrogen-bond acceptors (Lipinski definition) is 6. The highest BCUT2D eigenvalue weighted by Gasteiger charge is 2.33. The Morgan fingerprint density at radius 2 is 2.09 bits per heavy atom. The third-order valence-corrected chi connectivity index (χ3v) is 4.49. The highest BCUT2D eigenvalue weighted by atomic mass is 32.2. The lowest BCUT2D eigenvalue weighted by molar-refractivity contribution is -0.146. The summed E-state index contributed by atoms with van der Waals surface area (Å²) in [5.41, 5.74) is 0.772. The summed E-state index contributed by atoms with van der Waals surface area (Å²) in [6.07, 6.45) is 3.41. The van der Waals surface area contributed by atoms with Gasteiger partial charge in [0.15, 0.2) is 0 Å². The molecule has 1 fully saturated rings. The van der Waals surface area contributed by atoms with Crippen molar-refractivity contribution < 1.29 is 19.4 Å². The predicted octanol–water partition coefficient (Wildman–Crippen LogP) is 2.94. The third-order valence-electron chi connectivity index (χ3n) is 3.11. The number of thiocarbonyl (C=S) groups is 1. The van der Waals surface area contributed by atoms with Crippen LogP contribution in [0.3, 0.4) is 0 Å². The Morgan fingerprint density at radius 1 is 1.39 bits per heavy atom. The Bertz CT molecular complexity index is 640. The van der Waals surface area contributed by atoms with Crippen LogP contribution in [0.25, 0.3) is 6.08 Å². The summed E-state index contributed by atoms with van der Waals surface area (Å²) in [5, 5.41) is 9.27. The van der Waals surface area contributed by atoms with Gasteiger partial charge in [-0.15, -0.1) is 0 Å². The van der Waals surface area contributed by atoms with Crippen LogP contribution in [-0.2, 0) is 14.3 Å². The van der Waals surface area contributed by atoms with E-state index in [2.05, 4.69) is 0 Å². The van der Waals surface area contributed by atoms with Gasteiger partial charge in [0.05, 0.1) is 11.5 Å². The molecule has 0 aliphatic carbocycles. The molecular formula is C16H17NO4S2. The minimum atomic E-state index is -0.458. The standard InChI is InChI=1S/C16H17NO4S2/c1-2-3-8-21-14(19)10-17-15(20)13(23-16(17)22)9-11-4-6-12(18)7-5-11/h4-7,9,18H,2-3,8,10H2,1H3/b13-9-. The predicted molar refractivity (Wildman–Crippen MR) is 93.9 cm³/mol. The maximum Gasteiger partial charge on any atom is 0.326 e. The Hall–Kier alpha value is -1.86. The second-order valence-corrected chi connectivity index (χ2v) is 6.61. The molecule has 7 heteroatoms. The number of rotatable bonds is 6.